The summed E-state index contributed by atoms with van der Waals surface area (Å²) in [4.78, 5) is 0. The Morgan fingerprint density at radius 2 is 1.25 bits per heavy atom. The third kappa shape index (κ3) is 5.27. The van der Waals surface area contributed by atoms with Crippen LogP contribution in [0.3, 0.4) is 0 Å². The van der Waals surface area contributed by atoms with Crippen LogP contribution in [0, 0.1) is 0 Å². The lowest BCUT2D eigenvalue weighted by molar-refractivity contribution is 0.256. The molecule has 1 heterocycles. The summed E-state index contributed by atoms with van der Waals surface area (Å²) in [5, 5.41) is 0. The van der Waals surface area contributed by atoms with Crippen molar-refractivity contribution in [1.29, 1.82) is 0 Å². The molecular formula is C24H24O2S2. The maximum atomic E-state index is 6.20. The van der Waals surface area contributed by atoms with Crippen molar-refractivity contribution >= 4 is 23.5 Å². The van der Waals surface area contributed by atoms with Crippen LogP contribution in [0.25, 0.3) is 0 Å². The highest BCUT2D eigenvalue weighted by Crippen LogP contribution is 2.45. The van der Waals surface area contributed by atoms with Crippen LogP contribution in [0.5, 0.6) is 11.5 Å². The molecule has 1 saturated heterocycles. The smallest absolute Gasteiger partial charge is 0.162 e. The molecule has 0 radical (unpaired) electrons. The first-order valence-electron chi connectivity index (χ1n) is 9.59. The fraction of sp³-hybridized carbons (Fsp3) is 0.250. The molecule has 0 amide bonds. The Balaban J connectivity index is 1.52. The first-order chi connectivity index (χ1) is 13.9. The van der Waals surface area contributed by atoms with Crippen LogP contribution in [-0.4, -0.2) is 11.5 Å². The van der Waals surface area contributed by atoms with E-state index in [4.69, 9.17) is 9.47 Å². The molecular weight excluding hydrogens is 384 g/mol. The standard InChI is InChI=1S/C24H24O2S2/c1-3-8-19(9-4-1)17-25-22-13-12-21(24-27-14-7-15-28-24)16-23(22)26-18-20-10-5-2-6-11-20/h1-6,8-13,16,24H,7,14-15,17-18H2. The predicted octanol–water partition coefficient (Wildman–Crippen LogP) is 6.71. The molecule has 0 atom stereocenters. The number of hydrogen-bond acceptors (Lipinski definition) is 4. The molecule has 3 aromatic rings. The molecule has 4 rings (SSSR count). The average molecular weight is 409 g/mol. The maximum Gasteiger partial charge on any atom is 0.162 e. The largest absolute Gasteiger partial charge is 0.485 e. The van der Waals surface area contributed by atoms with E-state index in [1.54, 1.807) is 0 Å². The first-order valence-corrected chi connectivity index (χ1v) is 11.7. The van der Waals surface area contributed by atoms with Gasteiger partial charge in [-0.25, -0.2) is 0 Å². The van der Waals surface area contributed by atoms with Crippen LogP contribution < -0.4 is 9.47 Å². The summed E-state index contributed by atoms with van der Waals surface area (Å²) >= 11 is 4.04. The van der Waals surface area contributed by atoms with Gasteiger partial charge in [-0.15, -0.1) is 23.5 Å². The van der Waals surface area contributed by atoms with Crippen LogP contribution in [0.15, 0.2) is 78.9 Å². The van der Waals surface area contributed by atoms with E-state index in [-0.39, 0.29) is 0 Å². The Morgan fingerprint density at radius 1 is 0.679 bits per heavy atom. The van der Waals surface area contributed by atoms with Crippen LogP contribution in [0.4, 0.5) is 0 Å². The lowest BCUT2D eigenvalue weighted by Gasteiger charge is -2.22. The van der Waals surface area contributed by atoms with Crippen LogP contribution in [0.2, 0.25) is 0 Å². The van der Waals surface area contributed by atoms with Gasteiger partial charge in [0, 0.05) is 0 Å². The zero-order valence-corrected chi connectivity index (χ0v) is 17.4. The van der Waals surface area contributed by atoms with Gasteiger partial charge in [0.15, 0.2) is 11.5 Å². The van der Waals surface area contributed by atoms with Gasteiger partial charge < -0.3 is 9.47 Å². The van der Waals surface area contributed by atoms with E-state index in [0.717, 1.165) is 22.6 Å². The Morgan fingerprint density at radius 3 is 1.86 bits per heavy atom. The van der Waals surface area contributed by atoms with Gasteiger partial charge in [0.1, 0.15) is 13.2 Å². The summed E-state index contributed by atoms with van der Waals surface area (Å²) in [5.41, 5.74) is 3.62. The van der Waals surface area contributed by atoms with Crippen molar-refractivity contribution in [3.05, 3.63) is 95.6 Å². The second kappa shape index (κ2) is 9.94. The van der Waals surface area contributed by atoms with Crippen molar-refractivity contribution in [3.8, 4) is 11.5 Å². The zero-order valence-electron chi connectivity index (χ0n) is 15.8. The van der Waals surface area contributed by atoms with Crippen molar-refractivity contribution in [2.75, 3.05) is 11.5 Å². The summed E-state index contributed by atoms with van der Waals surface area (Å²) < 4.78 is 12.8. The highest BCUT2D eigenvalue weighted by atomic mass is 32.2. The van der Waals surface area contributed by atoms with Crippen LogP contribution in [-0.2, 0) is 13.2 Å². The van der Waals surface area contributed by atoms with Crippen molar-refractivity contribution in [3.63, 3.8) is 0 Å². The molecule has 0 saturated carbocycles. The molecule has 0 aromatic heterocycles. The predicted molar refractivity (Wildman–Crippen MR) is 120 cm³/mol. The van der Waals surface area contributed by atoms with Gasteiger partial charge in [0.25, 0.3) is 0 Å². The normalized spacial score (nSPS) is 14.6. The monoisotopic (exact) mass is 408 g/mol. The molecule has 0 unspecified atom stereocenters. The molecule has 28 heavy (non-hydrogen) atoms. The molecule has 1 aliphatic heterocycles. The topological polar surface area (TPSA) is 18.5 Å². The van der Waals surface area contributed by atoms with Gasteiger partial charge in [0.2, 0.25) is 0 Å². The lowest BCUT2D eigenvalue weighted by atomic mass is 10.2. The van der Waals surface area contributed by atoms with Crippen LogP contribution >= 0.6 is 23.5 Å². The van der Waals surface area contributed by atoms with Gasteiger partial charge in [-0.3, -0.25) is 0 Å². The summed E-state index contributed by atoms with van der Waals surface area (Å²) in [7, 11) is 0. The number of benzene rings is 3. The van der Waals surface area contributed by atoms with E-state index in [1.807, 2.05) is 59.9 Å². The SMILES string of the molecule is c1ccc(COc2ccc(C3SCCCS3)cc2OCc2ccccc2)cc1. The number of hydrogen-bond donors (Lipinski definition) is 0. The summed E-state index contributed by atoms with van der Waals surface area (Å²) in [6.45, 7) is 1.08. The summed E-state index contributed by atoms with van der Waals surface area (Å²) in [5.74, 6) is 4.08. The molecule has 0 spiro atoms. The first kappa shape index (κ1) is 19.3. The van der Waals surface area contributed by atoms with Gasteiger partial charge >= 0.3 is 0 Å². The molecule has 1 aliphatic rings. The summed E-state index contributed by atoms with van der Waals surface area (Å²) in [6.07, 6.45) is 1.29. The van der Waals surface area contributed by atoms with E-state index in [1.165, 1.54) is 23.5 Å². The molecule has 0 N–H and O–H groups in total. The van der Waals surface area contributed by atoms with Crippen LogP contribution in [0.1, 0.15) is 27.7 Å². The fourth-order valence-corrected chi connectivity index (χ4v) is 5.93. The minimum Gasteiger partial charge on any atom is -0.485 e. The molecule has 2 nitrogen and oxygen atoms in total. The second-order valence-corrected chi connectivity index (χ2v) is 9.41. The maximum absolute atomic E-state index is 6.20. The van der Waals surface area contributed by atoms with Crippen molar-refractivity contribution in [2.24, 2.45) is 0 Å². The minimum atomic E-state index is 0.482. The van der Waals surface area contributed by atoms with E-state index < -0.39 is 0 Å². The summed E-state index contributed by atoms with van der Waals surface area (Å²) in [6, 6.07) is 26.9. The third-order valence-corrected chi connectivity index (χ3v) is 7.56. The quantitative estimate of drug-likeness (QED) is 0.432. The molecule has 144 valence electrons. The van der Waals surface area contributed by atoms with Gasteiger partial charge in [0.05, 0.1) is 4.58 Å². The number of thioether (sulfide) groups is 2. The van der Waals surface area contributed by atoms with Crippen molar-refractivity contribution in [2.45, 2.75) is 24.2 Å². The van der Waals surface area contributed by atoms with E-state index in [0.29, 0.717) is 17.8 Å². The highest BCUT2D eigenvalue weighted by molar-refractivity contribution is 8.16. The molecule has 4 heteroatoms. The van der Waals surface area contributed by atoms with Crippen molar-refractivity contribution < 1.29 is 9.47 Å². The second-order valence-electron chi connectivity index (χ2n) is 6.68. The van der Waals surface area contributed by atoms with E-state index in [2.05, 4.69) is 42.5 Å². The molecule has 0 aliphatic carbocycles. The lowest BCUT2D eigenvalue weighted by Crippen LogP contribution is -2.03. The number of ether oxygens (including phenoxy) is 2. The average Bonchev–Trinajstić information content (AvgIpc) is 2.78. The Labute approximate surface area is 175 Å². The molecule has 3 aromatic carbocycles. The molecule has 0 bridgehead atoms. The Kier molecular flexibility index (Phi) is 6.85. The van der Waals surface area contributed by atoms with Gasteiger partial charge in [-0.2, -0.15) is 0 Å². The fourth-order valence-electron chi connectivity index (χ4n) is 3.05. The minimum absolute atomic E-state index is 0.482. The van der Waals surface area contributed by atoms with Gasteiger partial charge in [-0.05, 0) is 46.7 Å². The molecule has 1 fully saturated rings. The Hall–Kier alpha value is -2.04. The zero-order chi connectivity index (χ0) is 19.0. The van der Waals surface area contributed by atoms with Crippen molar-refractivity contribution in [1.82, 2.24) is 0 Å². The Bertz CT molecular complexity index is 862. The van der Waals surface area contributed by atoms with E-state index >= 15 is 0 Å². The highest BCUT2D eigenvalue weighted by Gasteiger charge is 2.19. The third-order valence-electron chi connectivity index (χ3n) is 4.54. The van der Waals surface area contributed by atoms with E-state index in [9.17, 15) is 0 Å². The van der Waals surface area contributed by atoms with Gasteiger partial charge in [-0.1, -0.05) is 66.7 Å². The number of rotatable bonds is 7.